The Morgan fingerprint density at radius 1 is 1.15 bits per heavy atom. The van der Waals surface area contributed by atoms with Crippen molar-refractivity contribution in [2.24, 2.45) is 4.99 Å². The fraction of sp³-hybridized carbons (Fsp3) is 0.308. The Kier molecular flexibility index (Phi) is 5.52. The van der Waals surface area contributed by atoms with Crippen molar-refractivity contribution in [1.29, 1.82) is 0 Å². The third-order valence-corrected chi connectivity index (χ3v) is 2.40. The zero-order valence-corrected chi connectivity index (χ0v) is 12.0. The van der Waals surface area contributed by atoms with Gasteiger partial charge in [0.25, 0.3) is 0 Å². The summed E-state index contributed by atoms with van der Waals surface area (Å²) in [6.07, 6.45) is -0.770. The third kappa shape index (κ3) is 4.27. The van der Waals surface area contributed by atoms with Gasteiger partial charge in [-0.25, -0.2) is 9.59 Å². The number of nitrogens with zero attached hydrogens (tertiary/aromatic N) is 3. The molecule has 108 valence electrons. The van der Waals surface area contributed by atoms with E-state index in [1.54, 1.807) is 31.1 Å². The van der Waals surface area contributed by atoms with Gasteiger partial charge in [-0.15, -0.1) is 4.99 Å². The van der Waals surface area contributed by atoms with Crippen LogP contribution in [0.25, 0.3) is 0 Å². The number of hydrogen-bond acceptors (Lipinski definition) is 3. The average molecular weight is 278 g/mol. The Morgan fingerprint density at radius 2 is 1.75 bits per heavy atom. The van der Waals surface area contributed by atoms with Crippen LogP contribution in [-0.2, 0) is 4.74 Å². The maximum absolute atomic E-state index is 12.1. The topological polar surface area (TPSA) is 74.2 Å². The lowest BCUT2D eigenvalue weighted by atomic mass is 10.3. The summed E-state index contributed by atoms with van der Waals surface area (Å²) in [5, 5.41) is 2.70. The van der Waals surface area contributed by atoms with Gasteiger partial charge >= 0.3 is 12.1 Å². The fourth-order valence-corrected chi connectivity index (χ4v) is 1.42. The molecule has 7 heteroatoms. The summed E-state index contributed by atoms with van der Waals surface area (Å²) >= 11 is 0. The van der Waals surface area contributed by atoms with E-state index in [2.05, 4.69) is 15.0 Å². The Labute approximate surface area is 117 Å². The largest absolute Gasteiger partial charge is 0.451 e. The molecule has 0 bridgehead atoms. The van der Waals surface area contributed by atoms with Crippen molar-refractivity contribution in [1.82, 2.24) is 9.80 Å². The van der Waals surface area contributed by atoms with Crippen LogP contribution in [0.1, 0.15) is 0 Å². The zero-order valence-electron chi connectivity index (χ0n) is 12.0. The Morgan fingerprint density at radius 3 is 2.25 bits per heavy atom. The SMILES string of the molecule is COC(=O)/N=C(/N(C)C)N(C)C(=O)Nc1ccccc1. The number of rotatable bonds is 1. The molecule has 0 radical (unpaired) electrons. The molecule has 20 heavy (non-hydrogen) atoms. The van der Waals surface area contributed by atoms with E-state index < -0.39 is 12.1 Å². The van der Waals surface area contributed by atoms with Crippen LogP contribution < -0.4 is 5.32 Å². The van der Waals surface area contributed by atoms with E-state index in [0.29, 0.717) is 5.69 Å². The quantitative estimate of drug-likeness (QED) is 0.628. The van der Waals surface area contributed by atoms with Gasteiger partial charge in [0, 0.05) is 26.8 Å². The smallest absolute Gasteiger partial charge is 0.436 e. The van der Waals surface area contributed by atoms with Crippen LogP contribution in [0.15, 0.2) is 35.3 Å². The van der Waals surface area contributed by atoms with E-state index in [4.69, 9.17) is 0 Å². The maximum atomic E-state index is 12.1. The van der Waals surface area contributed by atoms with Crippen molar-refractivity contribution >= 4 is 23.8 Å². The second-order valence-corrected chi connectivity index (χ2v) is 4.13. The van der Waals surface area contributed by atoms with Crippen LogP contribution in [-0.4, -0.2) is 56.1 Å². The van der Waals surface area contributed by atoms with Gasteiger partial charge in [0.2, 0.25) is 5.96 Å². The lowest BCUT2D eigenvalue weighted by Crippen LogP contribution is -2.44. The standard InChI is InChI=1S/C13H18N4O3/c1-16(2)11(15-13(19)20-4)17(3)12(18)14-10-8-6-5-7-9-10/h5-9H,1-4H3,(H,14,18)/b15-11-. The Balaban J connectivity index is 2.84. The molecule has 0 spiro atoms. The van der Waals surface area contributed by atoms with Gasteiger partial charge in [-0.2, -0.15) is 0 Å². The molecule has 0 unspecified atom stereocenters. The van der Waals surface area contributed by atoms with Crippen LogP contribution in [0.3, 0.4) is 0 Å². The molecule has 0 aromatic heterocycles. The molecule has 1 aromatic carbocycles. The van der Waals surface area contributed by atoms with Gasteiger partial charge in [-0.05, 0) is 12.1 Å². The summed E-state index contributed by atoms with van der Waals surface area (Å²) < 4.78 is 4.47. The molecule has 0 saturated carbocycles. The molecule has 1 aromatic rings. The van der Waals surface area contributed by atoms with Gasteiger partial charge < -0.3 is 15.0 Å². The van der Waals surface area contributed by atoms with Crippen LogP contribution in [0.5, 0.6) is 0 Å². The van der Waals surface area contributed by atoms with Crippen LogP contribution in [0.4, 0.5) is 15.3 Å². The second-order valence-electron chi connectivity index (χ2n) is 4.13. The molecule has 0 atom stereocenters. The van der Waals surface area contributed by atoms with Crippen molar-refractivity contribution in [2.45, 2.75) is 0 Å². The maximum Gasteiger partial charge on any atom is 0.436 e. The number of amides is 3. The van der Waals surface area contributed by atoms with Crippen molar-refractivity contribution in [3.05, 3.63) is 30.3 Å². The number of methoxy groups -OCH3 is 1. The number of ether oxygens (including phenoxy) is 1. The van der Waals surface area contributed by atoms with E-state index in [-0.39, 0.29) is 5.96 Å². The molecule has 0 aliphatic carbocycles. The van der Waals surface area contributed by atoms with E-state index in [0.717, 1.165) is 0 Å². The van der Waals surface area contributed by atoms with Crippen molar-refractivity contribution < 1.29 is 14.3 Å². The highest BCUT2D eigenvalue weighted by Gasteiger charge is 2.18. The number of benzene rings is 1. The molecule has 1 rings (SSSR count). The van der Waals surface area contributed by atoms with E-state index in [1.807, 2.05) is 18.2 Å². The minimum absolute atomic E-state index is 0.172. The molecular formula is C13H18N4O3. The molecule has 1 N–H and O–H groups in total. The van der Waals surface area contributed by atoms with Gasteiger partial charge in [0.15, 0.2) is 0 Å². The number of aliphatic imine (C=N–C) groups is 1. The first-order chi connectivity index (χ1) is 9.45. The highest BCUT2D eigenvalue weighted by Crippen LogP contribution is 2.06. The number of nitrogens with one attached hydrogen (secondary N) is 1. The molecule has 0 aliphatic rings. The fourth-order valence-electron chi connectivity index (χ4n) is 1.42. The summed E-state index contributed by atoms with van der Waals surface area (Å²) in [6, 6.07) is 8.59. The zero-order chi connectivity index (χ0) is 15.1. The first-order valence-electron chi connectivity index (χ1n) is 5.89. The van der Waals surface area contributed by atoms with Gasteiger partial charge in [0.1, 0.15) is 0 Å². The number of urea groups is 1. The number of carbonyl (C=O) groups is 2. The first kappa shape index (κ1) is 15.5. The molecule has 0 saturated heterocycles. The minimum atomic E-state index is -0.770. The predicted octanol–water partition coefficient (Wildman–Crippen LogP) is 1.83. The van der Waals surface area contributed by atoms with Gasteiger partial charge in [-0.3, -0.25) is 4.90 Å². The normalized spacial score (nSPS) is 10.7. The van der Waals surface area contributed by atoms with E-state index >= 15 is 0 Å². The lowest BCUT2D eigenvalue weighted by Gasteiger charge is -2.24. The van der Waals surface area contributed by atoms with Gasteiger partial charge in [-0.1, -0.05) is 18.2 Å². The van der Waals surface area contributed by atoms with Crippen molar-refractivity contribution in [2.75, 3.05) is 33.6 Å². The monoisotopic (exact) mass is 278 g/mol. The summed E-state index contributed by atoms with van der Waals surface area (Å²) in [6.45, 7) is 0. The second kappa shape index (κ2) is 7.13. The third-order valence-electron chi connectivity index (χ3n) is 2.40. The Hall–Kier alpha value is -2.57. The number of para-hydroxylation sites is 1. The van der Waals surface area contributed by atoms with Crippen LogP contribution >= 0.6 is 0 Å². The summed E-state index contributed by atoms with van der Waals surface area (Å²) in [5.41, 5.74) is 0.653. The number of anilines is 1. The molecule has 0 heterocycles. The van der Waals surface area contributed by atoms with Crippen LogP contribution in [0.2, 0.25) is 0 Å². The van der Waals surface area contributed by atoms with Crippen LogP contribution in [0, 0.1) is 0 Å². The number of guanidine groups is 1. The summed E-state index contributed by atoms with van der Waals surface area (Å²) in [7, 11) is 6.09. The van der Waals surface area contributed by atoms with Crippen molar-refractivity contribution in [3.63, 3.8) is 0 Å². The molecule has 7 nitrogen and oxygen atoms in total. The van der Waals surface area contributed by atoms with E-state index in [9.17, 15) is 9.59 Å². The minimum Gasteiger partial charge on any atom is -0.451 e. The summed E-state index contributed by atoms with van der Waals surface area (Å²) in [5.74, 6) is 0.172. The average Bonchev–Trinajstić information content (AvgIpc) is 2.44. The summed E-state index contributed by atoms with van der Waals surface area (Å²) in [4.78, 5) is 29.8. The highest BCUT2D eigenvalue weighted by atomic mass is 16.5. The first-order valence-corrected chi connectivity index (χ1v) is 5.89. The predicted molar refractivity (Wildman–Crippen MR) is 76.8 cm³/mol. The lowest BCUT2D eigenvalue weighted by molar-refractivity contribution is 0.181. The molecular weight excluding hydrogens is 260 g/mol. The van der Waals surface area contributed by atoms with E-state index in [1.165, 1.54) is 19.1 Å². The molecule has 0 fully saturated rings. The number of hydrogen-bond donors (Lipinski definition) is 1. The van der Waals surface area contributed by atoms with Crippen molar-refractivity contribution in [3.8, 4) is 0 Å². The Bertz CT molecular complexity index is 500. The highest BCUT2D eigenvalue weighted by molar-refractivity contribution is 6.04. The molecule has 3 amide bonds. The molecule has 0 aliphatic heterocycles. The van der Waals surface area contributed by atoms with Gasteiger partial charge in [0.05, 0.1) is 7.11 Å². The number of carbonyl (C=O) groups excluding carboxylic acids is 2.